The zero-order chi connectivity index (χ0) is 22.5. The fraction of sp³-hybridized carbons (Fsp3) is 0.370. The molecule has 2 aromatic carbocycles. The van der Waals surface area contributed by atoms with Crippen LogP contribution in [-0.2, 0) is 24.1 Å². The SMILES string of the molecule is CCC(C)C(C(=O)Nc1cccc(Cc2n[nH]c(=O)c3c2CCCC3)c1)c1ccccc1. The minimum atomic E-state index is -0.197. The van der Waals surface area contributed by atoms with E-state index in [1.54, 1.807) is 0 Å². The minimum absolute atomic E-state index is 0.0160. The first-order valence-corrected chi connectivity index (χ1v) is 11.6. The molecular formula is C27H31N3O2. The molecule has 2 unspecified atom stereocenters. The average molecular weight is 430 g/mol. The number of aromatic nitrogens is 2. The topological polar surface area (TPSA) is 74.8 Å². The highest BCUT2D eigenvalue weighted by Gasteiger charge is 2.26. The van der Waals surface area contributed by atoms with Crippen LogP contribution >= 0.6 is 0 Å². The number of rotatable bonds is 7. The van der Waals surface area contributed by atoms with Crippen LogP contribution in [0.1, 0.15) is 67.0 Å². The highest BCUT2D eigenvalue weighted by atomic mass is 16.2. The number of H-pyrrole nitrogens is 1. The Morgan fingerprint density at radius 3 is 2.56 bits per heavy atom. The number of benzene rings is 2. The second-order valence-electron chi connectivity index (χ2n) is 8.80. The Morgan fingerprint density at radius 1 is 1.06 bits per heavy atom. The average Bonchev–Trinajstić information content (AvgIpc) is 2.82. The Kier molecular flexibility index (Phi) is 6.84. The highest BCUT2D eigenvalue weighted by Crippen LogP contribution is 2.29. The minimum Gasteiger partial charge on any atom is -0.326 e. The van der Waals surface area contributed by atoms with E-state index in [4.69, 9.17) is 0 Å². The van der Waals surface area contributed by atoms with Crippen molar-refractivity contribution in [1.82, 2.24) is 10.2 Å². The van der Waals surface area contributed by atoms with Crippen molar-refractivity contribution in [2.24, 2.45) is 5.92 Å². The van der Waals surface area contributed by atoms with Gasteiger partial charge in [0.25, 0.3) is 5.56 Å². The van der Waals surface area contributed by atoms with Gasteiger partial charge < -0.3 is 5.32 Å². The summed E-state index contributed by atoms with van der Waals surface area (Å²) in [4.78, 5) is 25.4. The molecule has 0 radical (unpaired) electrons. The number of carbonyl (C=O) groups is 1. The third-order valence-electron chi connectivity index (χ3n) is 6.60. The standard InChI is InChI=1S/C27H31N3O2/c1-3-18(2)25(20-11-5-4-6-12-20)27(32)28-21-13-9-10-19(16-21)17-24-22-14-7-8-15-23(22)26(31)30-29-24/h4-6,9-13,16,18,25H,3,7-8,14-15,17H2,1-2H3,(H,28,32)(H,30,31). The van der Waals surface area contributed by atoms with Gasteiger partial charge in [-0.25, -0.2) is 5.10 Å². The van der Waals surface area contributed by atoms with Crippen LogP contribution in [0.4, 0.5) is 5.69 Å². The molecule has 1 aliphatic carbocycles. The predicted molar refractivity (Wildman–Crippen MR) is 128 cm³/mol. The van der Waals surface area contributed by atoms with Crippen molar-refractivity contribution in [3.8, 4) is 0 Å². The van der Waals surface area contributed by atoms with E-state index >= 15 is 0 Å². The molecule has 32 heavy (non-hydrogen) atoms. The van der Waals surface area contributed by atoms with Crippen LogP contribution in [0.2, 0.25) is 0 Å². The monoisotopic (exact) mass is 429 g/mol. The lowest BCUT2D eigenvalue weighted by Gasteiger charge is -2.23. The van der Waals surface area contributed by atoms with Crippen molar-refractivity contribution in [3.63, 3.8) is 0 Å². The van der Waals surface area contributed by atoms with Gasteiger partial charge in [-0.15, -0.1) is 0 Å². The lowest BCUT2D eigenvalue weighted by atomic mass is 9.85. The Morgan fingerprint density at radius 2 is 1.81 bits per heavy atom. The maximum absolute atomic E-state index is 13.2. The van der Waals surface area contributed by atoms with Gasteiger partial charge in [-0.2, -0.15) is 5.10 Å². The van der Waals surface area contributed by atoms with Crippen molar-refractivity contribution < 1.29 is 4.79 Å². The second kappa shape index (κ2) is 9.94. The van der Waals surface area contributed by atoms with Gasteiger partial charge in [-0.3, -0.25) is 9.59 Å². The zero-order valence-corrected chi connectivity index (χ0v) is 18.9. The summed E-state index contributed by atoms with van der Waals surface area (Å²) in [6.07, 6.45) is 5.45. The van der Waals surface area contributed by atoms with Gasteiger partial charge in [0.1, 0.15) is 0 Å². The molecule has 4 rings (SSSR count). The third-order valence-corrected chi connectivity index (χ3v) is 6.60. The van der Waals surface area contributed by atoms with E-state index in [2.05, 4.69) is 29.4 Å². The summed E-state index contributed by atoms with van der Waals surface area (Å²) in [5.41, 5.74) is 5.77. The largest absolute Gasteiger partial charge is 0.326 e. The maximum atomic E-state index is 13.2. The molecule has 1 aliphatic rings. The molecule has 1 aromatic heterocycles. The van der Waals surface area contributed by atoms with E-state index in [0.29, 0.717) is 6.42 Å². The molecule has 0 saturated heterocycles. The molecule has 1 heterocycles. The summed E-state index contributed by atoms with van der Waals surface area (Å²) >= 11 is 0. The molecule has 2 N–H and O–H groups in total. The highest BCUT2D eigenvalue weighted by molar-refractivity contribution is 5.96. The number of hydrogen-bond donors (Lipinski definition) is 2. The van der Waals surface area contributed by atoms with Crippen molar-refractivity contribution in [2.75, 3.05) is 5.32 Å². The molecule has 0 spiro atoms. The van der Waals surface area contributed by atoms with Gasteiger partial charge >= 0.3 is 0 Å². The summed E-state index contributed by atoms with van der Waals surface area (Å²) in [7, 11) is 0. The number of nitrogens with zero attached hydrogens (tertiary/aromatic N) is 1. The molecule has 0 aliphatic heterocycles. The van der Waals surface area contributed by atoms with Crippen molar-refractivity contribution in [2.45, 2.75) is 58.3 Å². The first-order valence-electron chi connectivity index (χ1n) is 11.6. The Labute approximate surface area is 189 Å². The fourth-order valence-electron chi connectivity index (χ4n) is 4.68. The Bertz CT molecular complexity index is 1140. The molecular weight excluding hydrogens is 398 g/mol. The van der Waals surface area contributed by atoms with Gasteiger partial charge in [0.2, 0.25) is 5.91 Å². The number of nitrogens with one attached hydrogen (secondary N) is 2. The number of anilines is 1. The van der Waals surface area contributed by atoms with Crippen LogP contribution in [0.15, 0.2) is 59.4 Å². The van der Waals surface area contributed by atoms with Crippen LogP contribution < -0.4 is 10.9 Å². The van der Waals surface area contributed by atoms with E-state index < -0.39 is 0 Å². The van der Waals surface area contributed by atoms with Crippen molar-refractivity contribution in [1.29, 1.82) is 0 Å². The number of hydrogen-bond acceptors (Lipinski definition) is 3. The van der Waals surface area contributed by atoms with E-state index in [1.165, 1.54) is 0 Å². The van der Waals surface area contributed by atoms with E-state index in [9.17, 15) is 9.59 Å². The molecule has 166 valence electrons. The predicted octanol–water partition coefficient (Wildman–Crippen LogP) is 5.01. The molecule has 0 fully saturated rings. The lowest BCUT2D eigenvalue weighted by Crippen LogP contribution is -2.26. The van der Waals surface area contributed by atoms with Gasteiger partial charge in [0, 0.05) is 17.7 Å². The smallest absolute Gasteiger partial charge is 0.267 e. The van der Waals surface area contributed by atoms with E-state index in [-0.39, 0.29) is 23.3 Å². The number of fused-ring (bicyclic) bond motifs is 1. The normalized spacial score (nSPS) is 14.9. The molecule has 3 aromatic rings. The summed E-state index contributed by atoms with van der Waals surface area (Å²) < 4.78 is 0. The number of aromatic amines is 1. The lowest BCUT2D eigenvalue weighted by molar-refractivity contribution is -0.118. The van der Waals surface area contributed by atoms with Gasteiger partial charge in [0.15, 0.2) is 0 Å². The quantitative estimate of drug-likeness (QED) is 0.554. The molecule has 5 nitrogen and oxygen atoms in total. The van der Waals surface area contributed by atoms with Gasteiger partial charge in [-0.05, 0) is 60.4 Å². The molecule has 0 bridgehead atoms. The Balaban J connectivity index is 1.55. The van der Waals surface area contributed by atoms with Crippen LogP contribution in [0.3, 0.4) is 0 Å². The summed E-state index contributed by atoms with van der Waals surface area (Å²) in [5.74, 6) is 0.0532. The summed E-state index contributed by atoms with van der Waals surface area (Å²) in [5, 5.41) is 10.2. The fourth-order valence-corrected chi connectivity index (χ4v) is 4.68. The molecule has 0 saturated carbocycles. The van der Waals surface area contributed by atoms with Gasteiger partial charge in [-0.1, -0.05) is 62.7 Å². The zero-order valence-electron chi connectivity index (χ0n) is 18.9. The first-order chi connectivity index (χ1) is 15.6. The molecule has 2 atom stereocenters. The second-order valence-corrected chi connectivity index (χ2v) is 8.80. The van der Waals surface area contributed by atoms with Crippen LogP contribution in [0, 0.1) is 5.92 Å². The van der Waals surface area contributed by atoms with E-state index in [1.807, 2.05) is 54.6 Å². The van der Waals surface area contributed by atoms with Crippen molar-refractivity contribution >= 4 is 11.6 Å². The van der Waals surface area contributed by atoms with Crippen LogP contribution in [0.25, 0.3) is 0 Å². The molecule has 5 heteroatoms. The van der Waals surface area contributed by atoms with Crippen molar-refractivity contribution in [3.05, 3.63) is 92.9 Å². The third kappa shape index (κ3) is 4.82. The van der Waals surface area contributed by atoms with Crippen LogP contribution in [-0.4, -0.2) is 16.1 Å². The van der Waals surface area contributed by atoms with Gasteiger partial charge in [0.05, 0.1) is 11.6 Å². The van der Waals surface area contributed by atoms with E-state index in [0.717, 1.165) is 65.7 Å². The Hall–Kier alpha value is -3.21. The maximum Gasteiger partial charge on any atom is 0.267 e. The first kappa shape index (κ1) is 22.0. The summed E-state index contributed by atoms with van der Waals surface area (Å²) in [6, 6.07) is 17.9. The summed E-state index contributed by atoms with van der Waals surface area (Å²) in [6.45, 7) is 4.24. The number of amides is 1. The number of carbonyl (C=O) groups excluding carboxylic acids is 1. The van der Waals surface area contributed by atoms with Crippen LogP contribution in [0.5, 0.6) is 0 Å². The molecule has 1 amide bonds.